The molecule has 2 N–H and O–H groups in total. The number of halogens is 1. The van der Waals surface area contributed by atoms with E-state index >= 15 is 0 Å². The van der Waals surface area contributed by atoms with Crippen LogP contribution in [0.4, 0.5) is 4.79 Å². The maximum atomic E-state index is 12.5. The number of imide groups is 1. The Morgan fingerprint density at radius 3 is 2.72 bits per heavy atom. The van der Waals surface area contributed by atoms with Crippen LogP contribution in [0.15, 0.2) is 53.4 Å². The van der Waals surface area contributed by atoms with Crippen LogP contribution in [0.5, 0.6) is 0 Å². The predicted octanol–water partition coefficient (Wildman–Crippen LogP) is 3.68. The number of thioether (sulfide) groups is 1. The van der Waals surface area contributed by atoms with Crippen LogP contribution in [0, 0.1) is 0 Å². The van der Waals surface area contributed by atoms with E-state index in [4.69, 9.17) is 11.6 Å². The average molecular weight is 427 g/mol. The lowest BCUT2D eigenvalue weighted by atomic mass is 10.2. The molecule has 7 nitrogen and oxygen atoms in total. The molecule has 0 bridgehead atoms. The van der Waals surface area contributed by atoms with Crippen LogP contribution in [0.2, 0.25) is 5.02 Å². The minimum atomic E-state index is -0.380. The van der Waals surface area contributed by atoms with Gasteiger partial charge in [0.15, 0.2) is 5.69 Å². The van der Waals surface area contributed by atoms with Gasteiger partial charge in [0.25, 0.3) is 17.1 Å². The van der Waals surface area contributed by atoms with Gasteiger partial charge < -0.3 is 5.32 Å². The first-order chi connectivity index (χ1) is 14.0. The standard InChI is InChI=1S/C20H15ClN4O3S/c21-13-7-5-12(6-8-13)11-16-19(27)25(20(28)29-16)10-9-22-18(26)17-14-3-1-2-4-15(14)23-24-17/h1-8,11H,9-10H2,(H,22,26)(H,23,24)/b16-11+. The molecule has 0 radical (unpaired) electrons. The van der Waals surface area contributed by atoms with E-state index in [9.17, 15) is 14.4 Å². The van der Waals surface area contributed by atoms with Gasteiger partial charge in [-0.3, -0.25) is 24.4 Å². The van der Waals surface area contributed by atoms with Gasteiger partial charge in [-0.2, -0.15) is 5.10 Å². The van der Waals surface area contributed by atoms with E-state index in [2.05, 4.69) is 15.5 Å². The predicted molar refractivity (Wildman–Crippen MR) is 113 cm³/mol. The Bertz CT molecular complexity index is 1140. The number of H-pyrrole nitrogens is 1. The Kier molecular flexibility index (Phi) is 5.37. The highest BCUT2D eigenvalue weighted by molar-refractivity contribution is 8.18. The molecule has 146 valence electrons. The van der Waals surface area contributed by atoms with Crippen molar-refractivity contribution in [1.82, 2.24) is 20.4 Å². The van der Waals surface area contributed by atoms with Gasteiger partial charge in [0.1, 0.15) is 0 Å². The molecule has 3 amide bonds. The van der Waals surface area contributed by atoms with Crippen molar-refractivity contribution in [2.24, 2.45) is 0 Å². The normalized spacial score (nSPS) is 15.5. The van der Waals surface area contributed by atoms with Crippen molar-refractivity contribution in [3.8, 4) is 0 Å². The number of hydrogen-bond donors (Lipinski definition) is 2. The van der Waals surface area contributed by atoms with Crippen molar-refractivity contribution in [2.75, 3.05) is 13.1 Å². The van der Waals surface area contributed by atoms with Gasteiger partial charge in [0, 0.05) is 23.5 Å². The summed E-state index contributed by atoms with van der Waals surface area (Å²) in [5, 5.41) is 10.5. The number of hydrogen-bond acceptors (Lipinski definition) is 5. The molecule has 1 aromatic heterocycles. The maximum Gasteiger partial charge on any atom is 0.293 e. The summed E-state index contributed by atoms with van der Waals surface area (Å²) in [5.74, 6) is -0.749. The zero-order valence-electron chi connectivity index (χ0n) is 15.0. The third-order valence-electron chi connectivity index (χ3n) is 4.35. The van der Waals surface area contributed by atoms with Gasteiger partial charge in [-0.1, -0.05) is 41.9 Å². The Labute approximate surface area is 175 Å². The van der Waals surface area contributed by atoms with Crippen LogP contribution in [-0.4, -0.2) is 45.2 Å². The summed E-state index contributed by atoms with van der Waals surface area (Å²) in [6.45, 7) is 0.211. The number of nitrogens with one attached hydrogen (secondary N) is 2. The van der Waals surface area contributed by atoms with Crippen molar-refractivity contribution in [3.05, 3.63) is 69.7 Å². The number of para-hydroxylation sites is 1. The molecule has 1 aliphatic heterocycles. The van der Waals surface area contributed by atoms with Crippen molar-refractivity contribution in [2.45, 2.75) is 0 Å². The van der Waals surface area contributed by atoms with Gasteiger partial charge >= 0.3 is 0 Å². The molecule has 9 heteroatoms. The second kappa shape index (κ2) is 8.10. The highest BCUT2D eigenvalue weighted by atomic mass is 35.5. The Morgan fingerprint density at radius 1 is 1.17 bits per heavy atom. The Balaban J connectivity index is 1.38. The van der Waals surface area contributed by atoms with Gasteiger partial charge in [-0.25, -0.2) is 0 Å². The van der Waals surface area contributed by atoms with Gasteiger partial charge in [-0.15, -0.1) is 0 Å². The van der Waals surface area contributed by atoms with E-state index in [0.717, 1.165) is 27.7 Å². The number of aromatic nitrogens is 2. The summed E-state index contributed by atoms with van der Waals surface area (Å²) in [7, 11) is 0. The quantitative estimate of drug-likeness (QED) is 0.607. The van der Waals surface area contributed by atoms with E-state index in [1.807, 2.05) is 18.2 Å². The minimum absolute atomic E-state index is 0.0801. The number of amides is 3. The van der Waals surface area contributed by atoms with Crippen LogP contribution in [-0.2, 0) is 4.79 Å². The summed E-state index contributed by atoms with van der Waals surface area (Å²) in [6.07, 6.45) is 1.65. The molecule has 2 aromatic carbocycles. The van der Waals surface area contributed by atoms with E-state index in [1.165, 1.54) is 0 Å². The molecule has 1 saturated heterocycles. The molecule has 2 heterocycles. The molecule has 0 atom stereocenters. The Hall–Kier alpha value is -3.10. The molecule has 4 rings (SSSR count). The molecule has 0 spiro atoms. The SMILES string of the molecule is O=C(NCCN1C(=O)S/C(=C/c2ccc(Cl)cc2)C1=O)c1n[nH]c2ccccc12. The fraction of sp³-hybridized carbons (Fsp3) is 0.100. The average Bonchev–Trinajstić information content (AvgIpc) is 3.26. The van der Waals surface area contributed by atoms with Crippen molar-refractivity contribution < 1.29 is 14.4 Å². The van der Waals surface area contributed by atoms with Crippen molar-refractivity contribution in [3.63, 3.8) is 0 Å². The lowest BCUT2D eigenvalue weighted by molar-refractivity contribution is -0.122. The van der Waals surface area contributed by atoms with Crippen LogP contribution >= 0.6 is 23.4 Å². The Morgan fingerprint density at radius 2 is 1.93 bits per heavy atom. The minimum Gasteiger partial charge on any atom is -0.349 e. The van der Waals surface area contributed by atoms with Crippen LogP contribution in [0.25, 0.3) is 17.0 Å². The third kappa shape index (κ3) is 4.03. The van der Waals surface area contributed by atoms with Crippen LogP contribution < -0.4 is 5.32 Å². The fourth-order valence-electron chi connectivity index (χ4n) is 2.90. The fourth-order valence-corrected chi connectivity index (χ4v) is 3.90. The first-order valence-corrected chi connectivity index (χ1v) is 9.94. The molecule has 1 fully saturated rings. The van der Waals surface area contributed by atoms with E-state index in [-0.39, 0.29) is 35.8 Å². The number of carbonyl (C=O) groups is 3. The number of aromatic amines is 1. The molecule has 1 aliphatic rings. The number of carbonyl (C=O) groups excluding carboxylic acids is 3. The zero-order chi connectivity index (χ0) is 20.4. The topological polar surface area (TPSA) is 95.2 Å². The summed E-state index contributed by atoms with van der Waals surface area (Å²) in [6, 6.07) is 14.3. The number of nitrogens with zero attached hydrogens (tertiary/aromatic N) is 2. The zero-order valence-corrected chi connectivity index (χ0v) is 16.6. The summed E-state index contributed by atoms with van der Waals surface area (Å²) >= 11 is 6.73. The van der Waals surface area contributed by atoms with Gasteiger partial charge in [-0.05, 0) is 41.6 Å². The van der Waals surface area contributed by atoms with Crippen molar-refractivity contribution >= 4 is 57.4 Å². The molecule has 0 aliphatic carbocycles. The lowest BCUT2D eigenvalue weighted by Gasteiger charge is -2.12. The van der Waals surface area contributed by atoms with Crippen molar-refractivity contribution in [1.29, 1.82) is 0 Å². The number of benzene rings is 2. The first kappa shape index (κ1) is 19.2. The number of rotatable bonds is 5. The molecule has 0 saturated carbocycles. The first-order valence-electron chi connectivity index (χ1n) is 8.75. The lowest BCUT2D eigenvalue weighted by Crippen LogP contribution is -2.37. The second-order valence-corrected chi connectivity index (χ2v) is 7.69. The molecule has 3 aromatic rings. The van der Waals surface area contributed by atoms with Gasteiger partial charge in [0.05, 0.1) is 10.4 Å². The highest BCUT2D eigenvalue weighted by Gasteiger charge is 2.34. The molecule has 29 heavy (non-hydrogen) atoms. The van der Waals surface area contributed by atoms with E-state index < -0.39 is 0 Å². The highest BCUT2D eigenvalue weighted by Crippen LogP contribution is 2.32. The van der Waals surface area contributed by atoms with E-state index in [0.29, 0.717) is 15.3 Å². The van der Waals surface area contributed by atoms with Crippen LogP contribution in [0.1, 0.15) is 16.1 Å². The van der Waals surface area contributed by atoms with Gasteiger partial charge in [0.2, 0.25) is 0 Å². The molecule has 0 unspecified atom stereocenters. The smallest absolute Gasteiger partial charge is 0.293 e. The summed E-state index contributed by atoms with van der Waals surface area (Å²) in [5.41, 5.74) is 1.81. The monoisotopic (exact) mass is 426 g/mol. The van der Waals surface area contributed by atoms with Crippen LogP contribution in [0.3, 0.4) is 0 Å². The largest absolute Gasteiger partial charge is 0.349 e. The van der Waals surface area contributed by atoms with E-state index in [1.54, 1.807) is 36.4 Å². The molecular formula is C20H15ClN4O3S. The maximum absolute atomic E-state index is 12.5. The third-order valence-corrected chi connectivity index (χ3v) is 5.51. The molecular weight excluding hydrogens is 412 g/mol. The summed E-state index contributed by atoms with van der Waals surface area (Å²) in [4.78, 5) is 38.6. The summed E-state index contributed by atoms with van der Waals surface area (Å²) < 4.78 is 0. The second-order valence-electron chi connectivity index (χ2n) is 6.26. The number of fused-ring (bicyclic) bond motifs is 1.